The van der Waals surface area contributed by atoms with Crippen LogP contribution in [-0.2, 0) is 16.0 Å². The number of hydrogen-bond donors (Lipinski definition) is 0. The van der Waals surface area contributed by atoms with Crippen molar-refractivity contribution in [1.82, 2.24) is 19.7 Å². The molecule has 3 rings (SSSR count). The van der Waals surface area contributed by atoms with Crippen LogP contribution in [0.25, 0.3) is 16.7 Å². The van der Waals surface area contributed by atoms with Crippen molar-refractivity contribution >= 4 is 48.3 Å². The van der Waals surface area contributed by atoms with Gasteiger partial charge in [0.1, 0.15) is 15.7 Å². The van der Waals surface area contributed by atoms with Crippen molar-refractivity contribution in [2.75, 3.05) is 5.75 Å². The zero-order valence-corrected chi connectivity index (χ0v) is 16.1. The monoisotopic (exact) mass is 468 g/mol. The van der Waals surface area contributed by atoms with Crippen molar-refractivity contribution in [1.29, 1.82) is 0 Å². The third kappa shape index (κ3) is 3.30. The lowest BCUT2D eigenvalue weighted by molar-refractivity contribution is -0.141. The van der Waals surface area contributed by atoms with E-state index in [1.165, 1.54) is 19.2 Å². The maximum Gasteiger partial charge on any atom is 0.433 e. The number of pyridine rings is 2. The molecule has 3 aromatic heterocycles. The molecule has 0 atom stereocenters. The van der Waals surface area contributed by atoms with Crippen molar-refractivity contribution in [2.45, 2.75) is 18.0 Å². The van der Waals surface area contributed by atoms with E-state index < -0.39 is 21.7 Å². The molecule has 6 nitrogen and oxygen atoms in total. The second kappa shape index (κ2) is 6.46. The molecule has 3 heterocycles. The summed E-state index contributed by atoms with van der Waals surface area (Å²) >= 11 is 9.35. The summed E-state index contributed by atoms with van der Waals surface area (Å²) in [5.74, 6) is -0.305. The quantitative estimate of drug-likeness (QED) is 0.578. The zero-order chi connectivity index (χ0) is 19.3. The lowest BCUT2D eigenvalue weighted by Gasteiger charge is -2.09. The molecule has 0 bridgehead atoms. The van der Waals surface area contributed by atoms with Crippen molar-refractivity contribution in [2.24, 2.45) is 0 Å². The molecule has 0 unspecified atom stereocenters. The van der Waals surface area contributed by atoms with Crippen LogP contribution in [0.1, 0.15) is 12.6 Å². The Kier molecular flexibility index (Phi) is 4.74. The van der Waals surface area contributed by atoms with Crippen LogP contribution in [0.4, 0.5) is 13.2 Å². The smallest absolute Gasteiger partial charge is 0.251 e. The van der Waals surface area contributed by atoms with Crippen molar-refractivity contribution in [3.8, 4) is 5.82 Å². The lowest BCUT2D eigenvalue weighted by atomic mass is 10.3. The minimum absolute atomic E-state index is 0.0816. The number of alkyl halides is 3. The van der Waals surface area contributed by atoms with Crippen LogP contribution in [0.2, 0.25) is 5.15 Å². The minimum Gasteiger partial charge on any atom is -0.251 e. The molecule has 0 fully saturated rings. The molecule has 0 aromatic carbocycles. The summed E-state index contributed by atoms with van der Waals surface area (Å²) < 4.78 is 64.6. The van der Waals surface area contributed by atoms with Gasteiger partial charge in [0.25, 0.3) is 0 Å². The molecule has 0 aliphatic heterocycles. The second-order valence-electron chi connectivity index (χ2n) is 5.17. The Morgan fingerprint density at radius 3 is 2.54 bits per heavy atom. The van der Waals surface area contributed by atoms with Crippen molar-refractivity contribution < 1.29 is 21.6 Å². The van der Waals surface area contributed by atoms with Gasteiger partial charge >= 0.3 is 6.18 Å². The summed E-state index contributed by atoms with van der Waals surface area (Å²) in [7, 11) is -3.69. The van der Waals surface area contributed by atoms with Gasteiger partial charge in [-0.3, -0.25) is 4.98 Å². The highest BCUT2D eigenvalue weighted by molar-refractivity contribution is 9.10. The van der Waals surface area contributed by atoms with Crippen LogP contribution in [-0.4, -0.2) is 33.9 Å². The summed E-state index contributed by atoms with van der Waals surface area (Å²) in [5, 5.41) is 4.05. The fraction of sp³-hybridized carbons (Fsp3) is 0.214. The predicted molar refractivity (Wildman–Crippen MR) is 92.1 cm³/mol. The van der Waals surface area contributed by atoms with Crippen LogP contribution in [0, 0.1) is 0 Å². The molecule has 138 valence electrons. The van der Waals surface area contributed by atoms with E-state index in [0.29, 0.717) is 4.47 Å². The molecule has 0 aliphatic rings. The van der Waals surface area contributed by atoms with Crippen LogP contribution < -0.4 is 0 Å². The largest absolute Gasteiger partial charge is 0.433 e. The van der Waals surface area contributed by atoms with Gasteiger partial charge in [0.05, 0.1) is 16.7 Å². The number of aromatic nitrogens is 4. The van der Waals surface area contributed by atoms with E-state index in [1.54, 1.807) is 0 Å². The standard InChI is InChI=1S/C14H9BrClF3N4O2S/c1-2-26(24,25)10-3-7(15)5-21-13(10)23-12(16)8-6-20-11(14(17,18)19)4-9(8)22-23/h3-6H,2H2,1H3. The van der Waals surface area contributed by atoms with Crippen LogP contribution in [0.15, 0.2) is 33.9 Å². The summed E-state index contributed by atoms with van der Waals surface area (Å²) in [6, 6.07) is 2.08. The lowest BCUT2D eigenvalue weighted by Crippen LogP contribution is -2.11. The topological polar surface area (TPSA) is 77.7 Å². The fourth-order valence-electron chi connectivity index (χ4n) is 2.20. The van der Waals surface area contributed by atoms with Crippen molar-refractivity contribution in [3.63, 3.8) is 0 Å². The molecule has 26 heavy (non-hydrogen) atoms. The maximum atomic E-state index is 12.8. The number of rotatable bonds is 3. The number of hydrogen-bond acceptors (Lipinski definition) is 5. The fourth-order valence-corrected chi connectivity index (χ4v) is 3.99. The van der Waals surface area contributed by atoms with Crippen LogP contribution >= 0.6 is 27.5 Å². The van der Waals surface area contributed by atoms with E-state index in [2.05, 4.69) is 31.0 Å². The molecular weight excluding hydrogens is 461 g/mol. The molecule has 0 spiro atoms. The van der Waals surface area contributed by atoms with E-state index in [0.717, 1.165) is 16.9 Å². The number of halogens is 5. The minimum atomic E-state index is -4.64. The van der Waals surface area contributed by atoms with Gasteiger partial charge in [-0.1, -0.05) is 18.5 Å². The Morgan fingerprint density at radius 1 is 1.23 bits per heavy atom. The Bertz CT molecular complexity index is 1120. The number of nitrogens with zero attached hydrogens (tertiary/aromatic N) is 4. The molecular formula is C14H9BrClF3N4O2S. The van der Waals surface area contributed by atoms with Gasteiger partial charge in [0.2, 0.25) is 0 Å². The highest BCUT2D eigenvalue weighted by Gasteiger charge is 2.33. The van der Waals surface area contributed by atoms with E-state index in [4.69, 9.17) is 11.6 Å². The average Bonchev–Trinajstić information content (AvgIpc) is 2.90. The van der Waals surface area contributed by atoms with Crippen molar-refractivity contribution in [3.05, 3.63) is 39.8 Å². The number of sulfone groups is 1. The Balaban J connectivity index is 2.29. The molecule has 0 N–H and O–H groups in total. The van der Waals surface area contributed by atoms with Gasteiger partial charge < -0.3 is 0 Å². The van der Waals surface area contributed by atoms with Gasteiger partial charge in [-0.05, 0) is 28.1 Å². The first-order chi connectivity index (χ1) is 12.0. The van der Waals surface area contributed by atoms with Gasteiger partial charge in [-0.15, -0.1) is 0 Å². The third-order valence-electron chi connectivity index (χ3n) is 3.50. The Hall–Kier alpha value is -1.72. The first-order valence-corrected chi connectivity index (χ1v) is 9.87. The molecule has 0 saturated carbocycles. The maximum absolute atomic E-state index is 12.8. The first kappa shape index (κ1) is 19.1. The van der Waals surface area contributed by atoms with Gasteiger partial charge in [-0.2, -0.15) is 18.3 Å². The van der Waals surface area contributed by atoms with Gasteiger partial charge in [-0.25, -0.2) is 18.1 Å². The van der Waals surface area contributed by atoms with Gasteiger partial charge in [0, 0.05) is 16.9 Å². The molecule has 12 heteroatoms. The molecule has 0 amide bonds. The molecule has 3 aromatic rings. The zero-order valence-electron chi connectivity index (χ0n) is 12.9. The highest BCUT2D eigenvalue weighted by Crippen LogP contribution is 2.33. The van der Waals surface area contributed by atoms with Crippen LogP contribution in [0.3, 0.4) is 0 Å². The Labute approximate surface area is 159 Å². The summed E-state index contributed by atoms with van der Waals surface area (Å²) in [5.41, 5.74) is -1.21. The Morgan fingerprint density at radius 2 is 1.92 bits per heavy atom. The average molecular weight is 470 g/mol. The SMILES string of the molecule is CCS(=O)(=O)c1cc(Br)cnc1-n1nc2cc(C(F)(F)F)ncc2c1Cl. The summed E-state index contributed by atoms with van der Waals surface area (Å²) in [6.45, 7) is 1.46. The summed E-state index contributed by atoms with van der Waals surface area (Å²) in [6.07, 6.45) is -2.36. The van der Waals surface area contributed by atoms with Gasteiger partial charge in [0.15, 0.2) is 15.7 Å². The molecule has 0 radical (unpaired) electrons. The third-order valence-corrected chi connectivity index (χ3v) is 6.03. The van der Waals surface area contributed by atoms with E-state index in [9.17, 15) is 21.6 Å². The van der Waals surface area contributed by atoms with Crippen LogP contribution in [0.5, 0.6) is 0 Å². The van der Waals surface area contributed by atoms with E-state index in [1.807, 2.05) is 0 Å². The summed E-state index contributed by atoms with van der Waals surface area (Å²) in [4.78, 5) is 7.23. The first-order valence-electron chi connectivity index (χ1n) is 7.04. The number of fused-ring (bicyclic) bond motifs is 1. The highest BCUT2D eigenvalue weighted by atomic mass is 79.9. The molecule has 0 aliphatic carbocycles. The van der Waals surface area contributed by atoms with E-state index >= 15 is 0 Å². The van der Waals surface area contributed by atoms with E-state index in [-0.39, 0.29) is 32.5 Å². The second-order valence-corrected chi connectivity index (χ2v) is 8.69. The molecule has 0 saturated heterocycles. The normalized spacial score (nSPS) is 12.7. The predicted octanol–water partition coefficient (Wildman–Crippen LogP) is 4.04.